The van der Waals surface area contributed by atoms with Crippen LogP contribution in [0.1, 0.15) is 18.0 Å². The Morgan fingerprint density at radius 1 is 1.50 bits per heavy atom. The fourth-order valence-corrected chi connectivity index (χ4v) is 2.28. The zero-order chi connectivity index (χ0) is 14.0. The molecule has 7 nitrogen and oxygen atoms in total. The second-order valence-electron chi connectivity index (χ2n) is 4.85. The van der Waals surface area contributed by atoms with E-state index in [1.54, 1.807) is 43.1 Å². The smallest absolute Gasteiger partial charge is 0.242 e. The Hall–Kier alpha value is -1.60. The van der Waals surface area contributed by atoms with Crippen LogP contribution in [0.4, 0.5) is 0 Å². The van der Waals surface area contributed by atoms with E-state index in [9.17, 15) is 9.59 Å². The van der Waals surface area contributed by atoms with Gasteiger partial charge in [0, 0.05) is 38.8 Å². The summed E-state index contributed by atoms with van der Waals surface area (Å²) >= 11 is 0. The highest BCUT2D eigenvalue weighted by Crippen LogP contribution is 2.14. The normalized spacial score (nSPS) is 19.6. The van der Waals surface area contributed by atoms with Gasteiger partial charge in [-0.15, -0.1) is 12.4 Å². The molecule has 0 radical (unpaired) electrons. The summed E-state index contributed by atoms with van der Waals surface area (Å²) in [7, 11) is 5.27. The molecule has 1 aromatic heterocycles. The first-order chi connectivity index (χ1) is 9.01. The first-order valence-electron chi connectivity index (χ1n) is 6.21. The Morgan fingerprint density at radius 3 is 2.65 bits per heavy atom. The summed E-state index contributed by atoms with van der Waals surface area (Å²) in [4.78, 5) is 25.3. The summed E-state index contributed by atoms with van der Waals surface area (Å²) in [6.45, 7) is 0.564. The van der Waals surface area contributed by atoms with E-state index in [-0.39, 0.29) is 30.3 Å². The summed E-state index contributed by atoms with van der Waals surface area (Å²) in [6.07, 6.45) is 3.82. The maximum atomic E-state index is 12.2. The number of carbonyl (C=O) groups is 2. The van der Waals surface area contributed by atoms with Gasteiger partial charge in [0.1, 0.15) is 6.04 Å². The van der Waals surface area contributed by atoms with E-state index >= 15 is 0 Å². The molecule has 0 saturated carbocycles. The molecule has 112 valence electrons. The van der Waals surface area contributed by atoms with Gasteiger partial charge < -0.3 is 15.5 Å². The van der Waals surface area contributed by atoms with Crippen LogP contribution in [0.15, 0.2) is 12.4 Å². The Bertz CT molecular complexity index is 490. The highest BCUT2D eigenvalue weighted by molar-refractivity contribution is 5.86. The van der Waals surface area contributed by atoms with Crippen molar-refractivity contribution in [1.82, 2.24) is 25.3 Å². The number of amides is 2. The fraction of sp³-hybridized carbons (Fsp3) is 0.583. The minimum absolute atomic E-state index is 0. The summed E-state index contributed by atoms with van der Waals surface area (Å²) in [5, 5.41) is 9.92. The molecule has 2 unspecified atom stereocenters. The van der Waals surface area contributed by atoms with E-state index in [4.69, 9.17) is 0 Å². The number of nitrogens with zero attached hydrogens (tertiary/aromatic N) is 3. The number of aromatic nitrogens is 2. The minimum Gasteiger partial charge on any atom is -0.349 e. The molecule has 2 amide bonds. The Labute approximate surface area is 124 Å². The first-order valence-corrected chi connectivity index (χ1v) is 6.21. The molecule has 2 rings (SSSR count). The van der Waals surface area contributed by atoms with Gasteiger partial charge in [-0.25, -0.2) is 0 Å². The number of halogens is 1. The van der Waals surface area contributed by atoms with Gasteiger partial charge in [0.25, 0.3) is 0 Å². The third-order valence-electron chi connectivity index (χ3n) is 3.30. The number of likely N-dealkylation sites (tertiary alicyclic amines) is 1. The topological polar surface area (TPSA) is 79.3 Å². The lowest BCUT2D eigenvalue weighted by atomic mass is 10.1. The lowest BCUT2D eigenvalue weighted by molar-refractivity contribution is -0.126. The number of hydrogen-bond donors (Lipinski definition) is 2. The van der Waals surface area contributed by atoms with Gasteiger partial charge in [0.05, 0.1) is 12.2 Å². The van der Waals surface area contributed by atoms with Crippen LogP contribution in [0, 0.1) is 0 Å². The van der Waals surface area contributed by atoms with E-state index in [1.165, 1.54) is 0 Å². The molecule has 0 aromatic carbocycles. The van der Waals surface area contributed by atoms with Crippen LogP contribution in [0.5, 0.6) is 0 Å². The average Bonchev–Trinajstić information content (AvgIpc) is 2.88. The summed E-state index contributed by atoms with van der Waals surface area (Å²) < 4.78 is 1.65. The molecule has 1 saturated heterocycles. The molecule has 20 heavy (non-hydrogen) atoms. The Morgan fingerprint density at radius 2 is 2.20 bits per heavy atom. The van der Waals surface area contributed by atoms with Gasteiger partial charge in [-0.1, -0.05) is 0 Å². The number of carbonyl (C=O) groups excluding carboxylic acids is 2. The molecule has 1 fully saturated rings. The maximum absolute atomic E-state index is 12.2. The van der Waals surface area contributed by atoms with Crippen LogP contribution in [0.3, 0.4) is 0 Å². The Kier molecular flexibility index (Phi) is 5.52. The third kappa shape index (κ3) is 3.49. The van der Waals surface area contributed by atoms with E-state index in [0.717, 1.165) is 5.56 Å². The standard InChI is InChI=1S/C12H19N5O2.ClH/c1-13-11(8-5-14-17(3)6-8)12(19)15-9-4-10(18)16(2)7-9;/h5-6,9,11,13H,4,7H2,1-3H3,(H,15,19);1H. The summed E-state index contributed by atoms with van der Waals surface area (Å²) in [5.74, 6) is -0.0729. The number of rotatable bonds is 4. The van der Waals surface area contributed by atoms with Crippen LogP contribution >= 0.6 is 12.4 Å². The van der Waals surface area contributed by atoms with Crippen molar-refractivity contribution < 1.29 is 9.59 Å². The van der Waals surface area contributed by atoms with Gasteiger partial charge in [0.2, 0.25) is 11.8 Å². The highest BCUT2D eigenvalue weighted by Gasteiger charge is 2.30. The fourth-order valence-electron chi connectivity index (χ4n) is 2.28. The van der Waals surface area contributed by atoms with Crippen molar-refractivity contribution in [3.8, 4) is 0 Å². The zero-order valence-electron chi connectivity index (χ0n) is 11.8. The molecular weight excluding hydrogens is 282 g/mol. The molecule has 1 aromatic rings. The van der Waals surface area contributed by atoms with Crippen LogP contribution in [-0.2, 0) is 16.6 Å². The molecular formula is C12H20ClN5O2. The summed E-state index contributed by atoms with van der Waals surface area (Å²) in [6, 6.07) is -0.563. The lowest BCUT2D eigenvalue weighted by Gasteiger charge is -2.18. The largest absolute Gasteiger partial charge is 0.349 e. The lowest BCUT2D eigenvalue weighted by Crippen LogP contribution is -2.42. The van der Waals surface area contributed by atoms with E-state index in [1.807, 2.05) is 0 Å². The van der Waals surface area contributed by atoms with Crippen LogP contribution in [0.2, 0.25) is 0 Å². The van der Waals surface area contributed by atoms with Gasteiger partial charge in [-0.3, -0.25) is 14.3 Å². The Balaban J connectivity index is 0.00000200. The average molecular weight is 302 g/mol. The van der Waals surface area contributed by atoms with E-state index < -0.39 is 6.04 Å². The van der Waals surface area contributed by atoms with Crippen molar-refractivity contribution in [1.29, 1.82) is 0 Å². The van der Waals surface area contributed by atoms with Crippen LogP contribution in [-0.4, -0.2) is 53.2 Å². The minimum atomic E-state index is -0.449. The molecule has 1 aliphatic heterocycles. The quantitative estimate of drug-likeness (QED) is 0.782. The number of likely N-dealkylation sites (N-methyl/N-ethyl adjacent to an activating group) is 2. The number of aryl methyl sites for hydroxylation is 1. The second-order valence-corrected chi connectivity index (χ2v) is 4.85. The number of hydrogen-bond acceptors (Lipinski definition) is 4. The predicted octanol–water partition coefficient (Wildman–Crippen LogP) is -0.551. The maximum Gasteiger partial charge on any atom is 0.242 e. The van der Waals surface area contributed by atoms with Crippen molar-refractivity contribution in [2.75, 3.05) is 20.6 Å². The molecule has 2 N–H and O–H groups in total. The predicted molar refractivity (Wildman–Crippen MR) is 76.4 cm³/mol. The van der Waals surface area contributed by atoms with E-state index in [0.29, 0.717) is 13.0 Å². The molecule has 8 heteroatoms. The second kappa shape index (κ2) is 6.71. The first kappa shape index (κ1) is 16.5. The summed E-state index contributed by atoms with van der Waals surface area (Å²) in [5.41, 5.74) is 0.806. The zero-order valence-corrected chi connectivity index (χ0v) is 12.6. The molecule has 2 heterocycles. The van der Waals surface area contributed by atoms with Crippen molar-refractivity contribution in [3.05, 3.63) is 18.0 Å². The van der Waals surface area contributed by atoms with Gasteiger partial charge in [-0.2, -0.15) is 5.10 Å². The molecule has 0 aliphatic carbocycles. The van der Waals surface area contributed by atoms with Crippen molar-refractivity contribution in [2.45, 2.75) is 18.5 Å². The monoisotopic (exact) mass is 301 g/mol. The van der Waals surface area contributed by atoms with Gasteiger partial charge in [-0.05, 0) is 7.05 Å². The molecule has 1 aliphatic rings. The molecule has 0 bridgehead atoms. The highest BCUT2D eigenvalue weighted by atomic mass is 35.5. The van der Waals surface area contributed by atoms with Gasteiger partial charge >= 0.3 is 0 Å². The van der Waals surface area contributed by atoms with E-state index in [2.05, 4.69) is 15.7 Å². The van der Waals surface area contributed by atoms with Crippen molar-refractivity contribution >= 4 is 24.2 Å². The molecule has 2 atom stereocenters. The third-order valence-corrected chi connectivity index (χ3v) is 3.30. The number of nitrogens with one attached hydrogen (secondary N) is 2. The van der Waals surface area contributed by atoms with Crippen LogP contribution in [0.25, 0.3) is 0 Å². The molecule has 0 spiro atoms. The van der Waals surface area contributed by atoms with Crippen molar-refractivity contribution in [3.63, 3.8) is 0 Å². The SMILES string of the molecule is CNC(C(=O)NC1CC(=O)N(C)C1)c1cnn(C)c1.Cl. The van der Waals surface area contributed by atoms with Crippen molar-refractivity contribution in [2.24, 2.45) is 7.05 Å². The van der Waals surface area contributed by atoms with Crippen LogP contribution < -0.4 is 10.6 Å². The van der Waals surface area contributed by atoms with Gasteiger partial charge in [0.15, 0.2) is 0 Å².